The van der Waals surface area contributed by atoms with Gasteiger partial charge in [0.05, 0.1) is 12.2 Å². The molecule has 0 spiro atoms. The molecule has 0 aromatic heterocycles. The van der Waals surface area contributed by atoms with Gasteiger partial charge in [-0.3, -0.25) is 0 Å². The summed E-state index contributed by atoms with van der Waals surface area (Å²) in [6.45, 7) is 7.91. The Hall–Kier alpha value is -0.860. The van der Waals surface area contributed by atoms with Crippen LogP contribution in [0.3, 0.4) is 0 Å². The van der Waals surface area contributed by atoms with E-state index in [2.05, 4.69) is 19.1 Å². The smallest absolute Gasteiger partial charge is 0.0850 e. The van der Waals surface area contributed by atoms with Crippen molar-refractivity contribution >= 4 is 0 Å². The summed E-state index contributed by atoms with van der Waals surface area (Å²) in [5.41, 5.74) is 2.07. The van der Waals surface area contributed by atoms with Crippen molar-refractivity contribution in [2.45, 2.75) is 52.7 Å². The van der Waals surface area contributed by atoms with Crippen LogP contribution in [0.2, 0.25) is 0 Å². The molecule has 17 heavy (non-hydrogen) atoms. The molecule has 2 nitrogen and oxygen atoms in total. The quantitative estimate of drug-likeness (QED) is 0.843. The number of hydrogen-bond acceptors (Lipinski definition) is 2. The Bertz CT molecular complexity index is 335. The number of rotatable bonds is 4. The fourth-order valence-electron chi connectivity index (χ4n) is 1.84. The Labute approximate surface area is 104 Å². The first-order chi connectivity index (χ1) is 7.84. The highest BCUT2D eigenvalue weighted by Crippen LogP contribution is 2.23. The van der Waals surface area contributed by atoms with Gasteiger partial charge in [0.25, 0.3) is 0 Å². The molecule has 96 valence electrons. The van der Waals surface area contributed by atoms with Crippen LogP contribution in [-0.2, 0) is 12.8 Å². The van der Waals surface area contributed by atoms with Crippen molar-refractivity contribution in [3.8, 4) is 0 Å². The lowest BCUT2D eigenvalue weighted by Gasteiger charge is -2.30. The van der Waals surface area contributed by atoms with E-state index in [0.717, 1.165) is 12.0 Å². The second kappa shape index (κ2) is 5.65. The Balaban J connectivity index is 2.64. The number of hydrogen-bond donors (Lipinski definition) is 2. The summed E-state index contributed by atoms with van der Waals surface area (Å²) in [5, 5.41) is 19.9. The van der Waals surface area contributed by atoms with Gasteiger partial charge in [0.1, 0.15) is 0 Å². The fraction of sp³-hybridized carbons (Fsp3) is 0.600. The minimum Gasteiger partial charge on any atom is -0.390 e. The van der Waals surface area contributed by atoms with E-state index in [0.29, 0.717) is 6.42 Å². The van der Waals surface area contributed by atoms with Crippen molar-refractivity contribution in [3.05, 3.63) is 35.4 Å². The summed E-state index contributed by atoms with van der Waals surface area (Å²) in [6, 6.07) is 8.20. The van der Waals surface area contributed by atoms with Crippen LogP contribution >= 0.6 is 0 Å². The minimum absolute atomic E-state index is 0.289. The molecule has 2 N–H and O–H groups in total. The van der Waals surface area contributed by atoms with Gasteiger partial charge >= 0.3 is 0 Å². The molecular weight excluding hydrogens is 212 g/mol. The first kappa shape index (κ1) is 14.2. The van der Waals surface area contributed by atoms with Gasteiger partial charge in [-0.15, -0.1) is 0 Å². The maximum atomic E-state index is 9.98. The Morgan fingerprint density at radius 2 is 1.47 bits per heavy atom. The van der Waals surface area contributed by atoms with Gasteiger partial charge in [-0.05, 0) is 23.0 Å². The van der Waals surface area contributed by atoms with Crippen LogP contribution in [0.1, 0.15) is 38.8 Å². The van der Waals surface area contributed by atoms with Crippen LogP contribution in [0.15, 0.2) is 24.3 Å². The SMILES string of the molecule is CCc1ccc(CC(O)C(O)C(C)(C)C)cc1. The topological polar surface area (TPSA) is 40.5 Å². The average Bonchev–Trinajstić information content (AvgIpc) is 2.27. The molecule has 0 heterocycles. The molecule has 0 saturated carbocycles. The van der Waals surface area contributed by atoms with E-state index >= 15 is 0 Å². The van der Waals surface area contributed by atoms with Crippen molar-refractivity contribution < 1.29 is 10.2 Å². The predicted molar refractivity (Wildman–Crippen MR) is 71.0 cm³/mol. The monoisotopic (exact) mass is 236 g/mol. The molecule has 2 atom stereocenters. The van der Waals surface area contributed by atoms with Gasteiger partial charge in [0, 0.05) is 6.42 Å². The molecule has 1 rings (SSSR count). The highest BCUT2D eigenvalue weighted by molar-refractivity contribution is 5.23. The number of aliphatic hydroxyl groups is 2. The van der Waals surface area contributed by atoms with Crippen LogP contribution in [0.25, 0.3) is 0 Å². The molecule has 0 fully saturated rings. The van der Waals surface area contributed by atoms with E-state index in [4.69, 9.17) is 0 Å². The summed E-state index contributed by atoms with van der Waals surface area (Å²) in [6.07, 6.45) is 0.117. The predicted octanol–water partition coefficient (Wildman–Crippen LogP) is 2.56. The Kier molecular flexibility index (Phi) is 4.72. The molecule has 0 aliphatic heterocycles. The molecule has 2 heteroatoms. The second-order valence-electron chi connectivity index (χ2n) is 5.75. The molecule has 0 amide bonds. The van der Waals surface area contributed by atoms with Crippen LogP contribution in [0, 0.1) is 5.41 Å². The fourth-order valence-corrected chi connectivity index (χ4v) is 1.84. The molecular formula is C15H24O2. The highest BCUT2D eigenvalue weighted by atomic mass is 16.3. The van der Waals surface area contributed by atoms with E-state index < -0.39 is 12.2 Å². The summed E-state index contributed by atoms with van der Waals surface area (Å²) in [7, 11) is 0. The van der Waals surface area contributed by atoms with Crippen LogP contribution < -0.4 is 0 Å². The third-order valence-electron chi connectivity index (χ3n) is 3.13. The van der Waals surface area contributed by atoms with E-state index in [1.807, 2.05) is 32.9 Å². The molecule has 0 saturated heterocycles. The van der Waals surface area contributed by atoms with Crippen molar-refractivity contribution in [1.29, 1.82) is 0 Å². The molecule has 0 radical (unpaired) electrons. The van der Waals surface area contributed by atoms with Gasteiger partial charge in [-0.2, -0.15) is 0 Å². The first-order valence-corrected chi connectivity index (χ1v) is 6.28. The number of benzene rings is 1. The normalized spacial score (nSPS) is 15.6. The summed E-state index contributed by atoms with van der Waals surface area (Å²) in [4.78, 5) is 0. The van der Waals surface area contributed by atoms with E-state index in [-0.39, 0.29) is 5.41 Å². The van der Waals surface area contributed by atoms with Crippen molar-refractivity contribution in [2.24, 2.45) is 5.41 Å². The van der Waals surface area contributed by atoms with Gasteiger partial charge in [0.15, 0.2) is 0 Å². The zero-order chi connectivity index (χ0) is 13.1. The zero-order valence-electron chi connectivity index (χ0n) is 11.3. The summed E-state index contributed by atoms with van der Waals surface area (Å²) < 4.78 is 0. The highest BCUT2D eigenvalue weighted by Gasteiger charge is 2.28. The Morgan fingerprint density at radius 1 is 1.00 bits per heavy atom. The van der Waals surface area contributed by atoms with Crippen molar-refractivity contribution in [1.82, 2.24) is 0 Å². The van der Waals surface area contributed by atoms with Crippen molar-refractivity contribution in [2.75, 3.05) is 0 Å². The molecule has 2 unspecified atom stereocenters. The standard InChI is InChI=1S/C15H24O2/c1-5-11-6-8-12(9-7-11)10-13(16)14(17)15(2,3)4/h6-9,13-14,16-17H,5,10H2,1-4H3. The lowest BCUT2D eigenvalue weighted by Crippen LogP contribution is -2.38. The van der Waals surface area contributed by atoms with Gasteiger partial charge in [0.2, 0.25) is 0 Å². The first-order valence-electron chi connectivity index (χ1n) is 6.28. The zero-order valence-corrected chi connectivity index (χ0v) is 11.3. The van der Waals surface area contributed by atoms with Crippen LogP contribution in [-0.4, -0.2) is 22.4 Å². The van der Waals surface area contributed by atoms with Gasteiger partial charge in [-0.1, -0.05) is 52.0 Å². The van der Waals surface area contributed by atoms with Crippen LogP contribution in [0.4, 0.5) is 0 Å². The molecule has 0 bridgehead atoms. The molecule has 0 aliphatic carbocycles. The van der Waals surface area contributed by atoms with Crippen LogP contribution in [0.5, 0.6) is 0 Å². The van der Waals surface area contributed by atoms with Gasteiger partial charge in [-0.25, -0.2) is 0 Å². The maximum Gasteiger partial charge on any atom is 0.0850 e. The van der Waals surface area contributed by atoms with E-state index in [9.17, 15) is 10.2 Å². The largest absolute Gasteiger partial charge is 0.390 e. The Morgan fingerprint density at radius 3 is 1.88 bits per heavy atom. The number of aryl methyl sites for hydroxylation is 1. The summed E-state index contributed by atoms with van der Waals surface area (Å²) >= 11 is 0. The van der Waals surface area contributed by atoms with E-state index in [1.165, 1.54) is 5.56 Å². The lowest BCUT2D eigenvalue weighted by atomic mass is 9.84. The maximum absolute atomic E-state index is 9.98. The number of aliphatic hydroxyl groups excluding tert-OH is 2. The van der Waals surface area contributed by atoms with Gasteiger partial charge < -0.3 is 10.2 Å². The third kappa shape index (κ3) is 4.14. The third-order valence-corrected chi connectivity index (χ3v) is 3.13. The second-order valence-corrected chi connectivity index (χ2v) is 5.75. The molecule has 0 aliphatic rings. The molecule has 1 aromatic rings. The van der Waals surface area contributed by atoms with Crippen molar-refractivity contribution in [3.63, 3.8) is 0 Å². The van der Waals surface area contributed by atoms with E-state index in [1.54, 1.807) is 0 Å². The minimum atomic E-state index is -0.706. The molecule has 1 aromatic carbocycles. The lowest BCUT2D eigenvalue weighted by molar-refractivity contribution is -0.0434. The summed E-state index contributed by atoms with van der Waals surface area (Å²) in [5.74, 6) is 0. The average molecular weight is 236 g/mol.